The van der Waals surface area contributed by atoms with Gasteiger partial charge in [-0.05, 0) is 53.4 Å². The van der Waals surface area contributed by atoms with E-state index < -0.39 is 0 Å². The van der Waals surface area contributed by atoms with E-state index >= 15 is 0 Å². The molecule has 0 atom stereocenters. The van der Waals surface area contributed by atoms with Gasteiger partial charge in [-0.1, -0.05) is 47.1 Å². The lowest BCUT2D eigenvalue weighted by Gasteiger charge is -1.96. The summed E-state index contributed by atoms with van der Waals surface area (Å²) in [6, 6.07) is 15.5. The van der Waals surface area contributed by atoms with E-state index in [2.05, 4.69) is 6.08 Å². The minimum atomic E-state index is 0.757. The summed E-state index contributed by atoms with van der Waals surface area (Å²) in [6.07, 6.45) is 2.05. The number of hydrogen-bond acceptors (Lipinski definition) is 1. The monoisotopic (exact) mass is 280 g/mol. The summed E-state index contributed by atoms with van der Waals surface area (Å²) in [5.41, 5.74) is 1.14. The molecular formula is C14H10Cl2S. The molecule has 0 spiro atoms. The molecule has 0 aliphatic carbocycles. The van der Waals surface area contributed by atoms with E-state index in [0.717, 1.165) is 15.6 Å². The number of thioether (sulfide) groups is 1. The average Bonchev–Trinajstić information content (AvgIpc) is 2.34. The number of benzene rings is 2. The van der Waals surface area contributed by atoms with E-state index in [9.17, 15) is 0 Å². The zero-order chi connectivity index (χ0) is 12.1. The van der Waals surface area contributed by atoms with Gasteiger partial charge >= 0.3 is 0 Å². The van der Waals surface area contributed by atoms with Gasteiger partial charge in [0.25, 0.3) is 0 Å². The van der Waals surface area contributed by atoms with Crippen LogP contribution in [0.1, 0.15) is 5.56 Å². The van der Waals surface area contributed by atoms with Gasteiger partial charge in [-0.2, -0.15) is 0 Å². The van der Waals surface area contributed by atoms with Gasteiger partial charge in [0, 0.05) is 14.9 Å². The predicted molar refractivity (Wildman–Crippen MR) is 77.8 cm³/mol. The Labute approximate surface area is 115 Å². The van der Waals surface area contributed by atoms with Gasteiger partial charge in [-0.25, -0.2) is 0 Å². The molecule has 0 bridgehead atoms. The fourth-order valence-electron chi connectivity index (χ4n) is 1.28. The smallest absolute Gasteiger partial charge is 0.0406 e. The second-order valence-electron chi connectivity index (χ2n) is 3.43. The fourth-order valence-corrected chi connectivity index (χ4v) is 2.21. The van der Waals surface area contributed by atoms with E-state index in [1.165, 1.54) is 4.90 Å². The van der Waals surface area contributed by atoms with Crippen LogP contribution in [0.3, 0.4) is 0 Å². The lowest BCUT2D eigenvalue weighted by atomic mass is 10.2. The first-order valence-electron chi connectivity index (χ1n) is 5.08. The Balaban J connectivity index is 1.97. The molecule has 2 rings (SSSR count). The molecule has 0 fully saturated rings. The topological polar surface area (TPSA) is 0 Å². The summed E-state index contributed by atoms with van der Waals surface area (Å²) in [5.74, 6) is 0. The maximum absolute atomic E-state index is 5.82. The number of halogens is 2. The molecule has 3 heteroatoms. The maximum Gasteiger partial charge on any atom is 0.0406 e. The molecule has 0 N–H and O–H groups in total. The highest BCUT2D eigenvalue weighted by Gasteiger charge is 1.91. The van der Waals surface area contributed by atoms with E-state index in [0.29, 0.717) is 0 Å². The Kier molecular flexibility index (Phi) is 4.55. The third-order valence-corrected chi connectivity index (χ3v) is 3.47. The lowest BCUT2D eigenvalue weighted by molar-refractivity contribution is 1.47. The van der Waals surface area contributed by atoms with Crippen LogP contribution >= 0.6 is 35.0 Å². The molecular weight excluding hydrogens is 271 g/mol. The summed E-state index contributed by atoms with van der Waals surface area (Å²) in [4.78, 5) is 1.17. The third kappa shape index (κ3) is 4.12. The second kappa shape index (κ2) is 6.15. The quantitative estimate of drug-likeness (QED) is 0.645. The van der Waals surface area contributed by atoms with Crippen molar-refractivity contribution in [2.45, 2.75) is 4.90 Å². The largest absolute Gasteiger partial charge is 0.0981 e. The molecule has 0 saturated heterocycles. The van der Waals surface area contributed by atoms with Crippen LogP contribution in [0.25, 0.3) is 6.08 Å². The van der Waals surface area contributed by atoms with Crippen molar-refractivity contribution in [1.82, 2.24) is 0 Å². The third-order valence-electron chi connectivity index (χ3n) is 2.15. The summed E-state index contributed by atoms with van der Waals surface area (Å²) in [6.45, 7) is 0. The van der Waals surface area contributed by atoms with Crippen molar-refractivity contribution >= 4 is 41.0 Å². The van der Waals surface area contributed by atoms with Crippen LogP contribution in [0.15, 0.2) is 58.8 Å². The molecule has 0 aliphatic rings. The molecule has 0 radical (unpaired) electrons. The minimum Gasteiger partial charge on any atom is -0.0981 e. The highest BCUT2D eigenvalue weighted by Crippen LogP contribution is 2.22. The average molecular weight is 281 g/mol. The summed E-state index contributed by atoms with van der Waals surface area (Å²) < 4.78 is 0. The van der Waals surface area contributed by atoms with Gasteiger partial charge in [-0.3, -0.25) is 0 Å². The number of rotatable bonds is 3. The molecule has 0 aromatic heterocycles. The van der Waals surface area contributed by atoms with Gasteiger partial charge in [0.15, 0.2) is 0 Å². The zero-order valence-corrected chi connectivity index (χ0v) is 11.3. The van der Waals surface area contributed by atoms with Gasteiger partial charge < -0.3 is 0 Å². The van der Waals surface area contributed by atoms with Crippen LogP contribution in [0.2, 0.25) is 10.0 Å². The highest BCUT2D eigenvalue weighted by atomic mass is 35.5. The minimum absolute atomic E-state index is 0.757. The molecule has 2 aromatic carbocycles. The molecule has 0 unspecified atom stereocenters. The van der Waals surface area contributed by atoms with Gasteiger partial charge in [0.1, 0.15) is 0 Å². The van der Waals surface area contributed by atoms with Crippen molar-refractivity contribution in [2.24, 2.45) is 0 Å². The van der Waals surface area contributed by atoms with E-state index in [1.54, 1.807) is 11.8 Å². The molecule has 0 heterocycles. The van der Waals surface area contributed by atoms with Crippen LogP contribution in [-0.2, 0) is 0 Å². The van der Waals surface area contributed by atoms with Gasteiger partial charge in [0.05, 0.1) is 0 Å². The molecule has 0 amide bonds. The van der Waals surface area contributed by atoms with Gasteiger partial charge in [-0.15, -0.1) is 0 Å². The van der Waals surface area contributed by atoms with Crippen molar-refractivity contribution < 1.29 is 0 Å². The molecule has 0 nitrogen and oxygen atoms in total. The molecule has 0 aliphatic heterocycles. The van der Waals surface area contributed by atoms with Crippen molar-refractivity contribution in [2.75, 3.05) is 0 Å². The maximum atomic E-state index is 5.82. The van der Waals surface area contributed by atoms with Crippen LogP contribution in [-0.4, -0.2) is 0 Å². The summed E-state index contributed by atoms with van der Waals surface area (Å²) >= 11 is 13.3. The van der Waals surface area contributed by atoms with Gasteiger partial charge in [0.2, 0.25) is 0 Å². The van der Waals surface area contributed by atoms with Crippen molar-refractivity contribution in [1.29, 1.82) is 0 Å². The summed E-state index contributed by atoms with van der Waals surface area (Å²) in [5, 5.41) is 3.57. The van der Waals surface area contributed by atoms with Crippen LogP contribution < -0.4 is 0 Å². The first-order valence-corrected chi connectivity index (χ1v) is 6.72. The molecule has 2 aromatic rings. The Morgan fingerprint density at radius 3 is 1.88 bits per heavy atom. The highest BCUT2D eigenvalue weighted by molar-refractivity contribution is 8.02. The second-order valence-corrected chi connectivity index (χ2v) is 5.28. The number of hydrogen-bond donors (Lipinski definition) is 0. The molecule has 0 saturated carbocycles. The fraction of sp³-hybridized carbons (Fsp3) is 0. The van der Waals surface area contributed by atoms with Crippen molar-refractivity contribution in [3.8, 4) is 0 Å². The lowest BCUT2D eigenvalue weighted by Crippen LogP contribution is -1.70. The first-order chi connectivity index (χ1) is 8.24. The Morgan fingerprint density at radius 1 is 0.765 bits per heavy atom. The van der Waals surface area contributed by atoms with Crippen LogP contribution in [0.4, 0.5) is 0 Å². The Bertz CT molecular complexity index is 501. The standard InChI is InChI=1S/C14H10Cl2S/c15-12-3-1-11(2-4-12)9-10-17-14-7-5-13(16)6-8-14/h1-10H/b10-9+. The van der Waals surface area contributed by atoms with Crippen molar-refractivity contribution in [3.63, 3.8) is 0 Å². The Hall–Kier alpha value is -0.890. The normalized spacial score (nSPS) is 10.9. The SMILES string of the molecule is Clc1ccc(/C=C/Sc2ccc(Cl)cc2)cc1. The van der Waals surface area contributed by atoms with E-state index in [-0.39, 0.29) is 0 Å². The van der Waals surface area contributed by atoms with E-state index in [4.69, 9.17) is 23.2 Å². The summed E-state index contributed by atoms with van der Waals surface area (Å²) in [7, 11) is 0. The molecule has 17 heavy (non-hydrogen) atoms. The van der Waals surface area contributed by atoms with Crippen molar-refractivity contribution in [3.05, 3.63) is 69.5 Å². The van der Waals surface area contributed by atoms with E-state index in [1.807, 2.05) is 53.9 Å². The predicted octanol–water partition coefficient (Wildman–Crippen LogP) is 5.76. The van der Waals surface area contributed by atoms with Crippen LogP contribution in [0.5, 0.6) is 0 Å². The zero-order valence-electron chi connectivity index (χ0n) is 8.94. The van der Waals surface area contributed by atoms with Crippen LogP contribution in [0, 0.1) is 0 Å². The first kappa shape index (κ1) is 12.6. The molecule has 86 valence electrons. The Morgan fingerprint density at radius 2 is 1.29 bits per heavy atom.